The van der Waals surface area contributed by atoms with E-state index in [1.54, 1.807) is 39.1 Å². The van der Waals surface area contributed by atoms with Crippen molar-refractivity contribution in [3.63, 3.8) is 0 Å². The highest BCUT2D eigenvalue weighted by molar-refractivity contribution is 6.33. The molecule has 2 aromatic rings. The van der Waals surface area contributed by atoms with E-state index in [0.29, 0.717) is 65.9 Å². The van der Waals surface area contributed by atoms with Gasteiger partial charge in [0.2, 0.25) is 0 Å². The van der Waals surface area contributed by atoms with Crippen molar-refractivity contribution in [3.05, 3.63) is 40.2 Å². The largest absolute Gasteiger partial charge is 0.512 e. The lowest BCUT2D eigenvalue weighted by atomic mass is 9.99. The number of anilines is 1. The summed E-state index contributed by atoms with van der Waals surface area (Å²) in [5, 5.41) is 32.0. The Morgan fingerprint density at radius 3 is 2.49 bits per heavy atom. The van der Waals surface area contributed by atoms with Crippen molar-refractivity contribution in [3.8, 4) is 17.1 Å². The van der Waals surface area contributed by atoms with E-state index in [-0.39, 0.29) is 35.5 Å². The number of ether oxygens (including phenoxy) is 1. The van der Waals surface area contributed by atoms with Crippen LogP contribution in [-0.4, -0.2) is 96.0 Å². The van der Waals surface area contributed by atoms with Crippen LogP contribution in [0.15, 0.2) is 24.0 Å². The average molecular weight is 599 g/mol. The Kier molecular flexibility index (Phi) is 11.0. The maximum Gasteiger partial charge on any atom is 0.401 e. The number of hydrogen-bond donors (Lipinski definition) is 4. The quantitative estimate of drug-likeness (QED) is 0.214. The van der Waals surface area contributed by atoms with Crippen molar-refractivity contribution in [2.24, 2.45) is 0 Å². The Morgan fingerprint density at radius 1 is 1.27 bits per heavy atom. The van der Waals surface area contributed by atoms with Gasteiger partial charge in [-0.3, -0.25) is 4.90 Å². The molecule has 1 aromatic carbocycles. The number of hydrogen-bond acceptors (Lipinski definition) is 9. The molecule has 1 aliphatic heterocycles. The van der Waals surface area contributed by atoms with Crippen LogP contribution in [0.25, 0.3) is 17.0 Å². The molecule has 0 unspecified atom stereocenters. The van der Waals surface area contributed by atoms with Gasteiger partial charge >= 0.3 is 6.18 Å². The molecule has 3 rings (SSSR count). The third-order valence-corrected chi connectivity index (χ3v) is 7.30. The highest BCUT2D eigenvalue weighted by Crippen LogP contribution is 2.35. The first-order chi connectivity index (χ1) is 19.2. The summed E-state index contributed by atoms with van der Waals surface area (Å²) in [6, 6.07) is 4.74. The van der Waals surface area contributed by atoms with Gasteiger partial charge in [-0.15, -0.1) is 0 Å². The standard InChI is InChI=1S/C28H38ClF3N6O3/c1-16-25(24(17(2)33)18(3)39)35-26(22-12-21(6-7-23(22)29)41-14-20(40)13-34-4)36-27(16)38-10-8-19(9-11-38)37(5)15-28(30,31)32/h6-7,12,19-20,33-34,39-40H,8-11,13-15H2,1-5H3/b24-18+,33-17?/t20-/m1/s1. The molecule has 4 N–H and O–H groups in total. The molecule has 0 amide bonds. The van der Waals surface area contributed by atoms with E-state index >= 15 is 0 Å². The van der Waals surface area contributed by atoms with E-state index in [0.717, 1.165) is 0 Å². The molecule has 1 saturated heterocycles. The van der Waals surface area contributed by atoms with E-state index in [9.17, 15) is 23.4 Å². The minimum Gasteiger partial charge on any atom is -0.512 e. The van der Waals surface area contributed by atoms with E-state index < -0.39 is 18.8 Å². The van der Waals surface area contributed by atoms with Crippen LogP contribution in [0.1, 0.15) is 37.9 Å². The van der Waals surface area contributed by atoms with Gasteiger partial charge in [-0.05, 0) is 65.9 Å². The van der Waals surface area contributed by atoms with Crippen LogP contribution >= 0.6 is 11.6 Å². The van der Waals surface area contributed by atoms with Gasteiger partial charge in [-0.2, -0.15) is 13.2 Å². The number of aromatic nitrogens is 2. The molecular weight excluding hydrogens is 561 g/mol. The Bertz CT molecular complexity index is 1260. The smallest absolute Gasteiger partial charge is 0.401 e. The number of halogens is 4. The lowest BCUT2D eigenvalue weighted by Gasteiger charge is -2.38. The van der Waals surface area contributed by atoms with Crippen molar-refractivity contribution in [1.82, 2.24) is 20.2 Å². The number of aliphatic hydroxyl groups excluding tert-OH is 2. The summed E-state index contributed by atoms with van der Waals surface area (Å²) in [7, 11) is 3.21. The van der Waals surface area contributed by atoms with Gasteiger partial charge in [0.1, 0.15) is 30.0 Å². The monoisotopic (exact) mass is 598 g/mol. The average Bonchev–Trinajstić information content (AvgIpc) is 2.88. The molecule has 13 heteroatoms. The second-order valence-corrected chi connectivity index (χ2v) is 10.7. The zero-order valence-corrected chi connectivity index (χ0v) is 24.7. The molecule has 0 bridgehead atoms. The normalized spacial score (nSPS) is 16.1. The fraction of sp³-hybridized carbons (Fsp3) is 0.536. The summed E-state index contributed by atoms with van der Waals surface area (Å²) in [5.74, 6) is 1.15. The van der Waals surface area contributed by atoms with E-state index in [4.69, 9.17) is 31.7 Å². The van der Waals surface area contributed by atoms with Gasteiger partial charge in [0.05, 0.1) is 22.8 Å². The van der Waals surface area contributed by atoms with Crippen LogP contribution in [-0.2, 0) is 0 Å². The van der Waals surface area contributed by atoms with Crippen LogP contribution in [0.2, 0.25) is 5.02 Å². The SMILES string of the molecule is CNC[C@@H](O)COc1ccc(Cl)c(-c2nc(/C(C(C)=N)=C(\C)O)c(C)c(N3CCC(N(C)CC(F)(F)F)CC3)n2)c1. The first-order valence-corrected chi connectivity index (χ1v) is 13.7. The Labute approximate surface area is 243 Å². The van der Waals surface area contributed by atoms with Crippen LogP contribution in [0.3, 0.4) is 0 Å². The maximum absolute atomic E-state index is 12.9. The van der Waals surface area contributed by atoms with Gasteiger partial charge in [0.15, 0.2) is 5.82 Å². The summed E-state index contributed by atoms with van der Waals surface area (Å²) in [5.41, 5.74) is 1.81. The number of alkyl halides is 3. The number of likely N-dealkylation sites (N-methyl/N-ethyl adjacent to an activating group) is 1. The van der Waals surface area contributed by atoms with Crippen LogP contribution in [0.4, 0.5) is 19.0 Å². The number of allylic oxidation sites excluding steroid dienone is 2. The topological polar surface area (TPSA) is 118 Å². The zero-order valence-electron chi connectivity index (χ0n) is 23.9. The molecule has 9 nitrogen and oxygen atoms in total. The number of benzene rings is 1. The molecule has 41 heavy (non-hydrogen) atoms. The fourth-order valence-corrected chi connectivity index (χ4v) is 5.18. The lowest BCUT2D eigenvalue weighted by Crippen LogP contribution is -2.46. The van der Waals surface area contributed by atoms with E-state index in [2.05, 4.69) is 5.32 Å². The first kappa shape index (κ1) is 32.6. The fourth-order valence-electron chi connectivity index (χ4n) is 4.98. The molecule has 0 aliphatic carbocycles. The van der Waals surface area contributed by atoms with E-state index in [1.165, 1.54) is 18.9 Å². The van der Waals surface area contributed by atoms with Gasteiger partial charge in [0, 0.05) is 42.5 Å². The van der Waals surface area contributed by atoms with E-state index in [1.807, 2.05) is 4.90 Å². The second kappa shape index (κ2) is 13.8. The highest BCUT2D eigenvalue weighted by atomic mass is 35.5. The van der Waals surface area contributed by atoms with Crippen molar-refractivity contribution in [2.45, 2.75) is 51.9 Å². The number of rotatable bonds is 11. The molecule has 1 aromatic heterocycles. The summed E-state index contributed by atoms with van der Waals surface area (Å²) in [4.78, 5) is 12.9. The predicted molar refractivity (Wildman–Crippen MR) is 155 cm³/mol. The van der Waals surface area contributed by atoms with Crippen LogP contribution in [0.5, 0.6) is 5.75 Å². The highest BCUT2D eigenvalue weighted by Gasteiger charge is 2.34. The molecule has 2 heterocycles. The Morgan fingerprint density at radius 2 is 1.93 bits per heavy atom. The summed E-state index contributed by atoms with van der Waals surface area (Å²) in [6.07, 6.45) is -3.98. The minimum atomic E-state index is -4.27. The Balaban J connectivity index is 2.03. The number of aliphatic hydroxyl groups is 2. The maximum atomic E-state index is 12.9. The van der Waals surface area contributed by atoms with Gasteiger partial charge in [0.25, 0.3) is 0 Å². The van der Waals surface area contributed by atoms with Crippen molar-refractivity contribution in [2.75, 3.05) is 51.8 Å². The molecule has 1 aliphatic rings. The molecule has 0 radical (unpaired) electrons. The number of nitrogens with one attached hydrogen (secondary N) is 2. The van der Waals surface area contributed by atoms with Gasteiger partial charge < -0.3 is 30.6 Å². The molecule has 1 fully saturated rings. The van der Waals surface area contributed by atoms with Crippen LogP contribution < -0.4 is 15.0 Å². The number of piperidine rings is 1. The third kappa shape index (κ3) is 8.54. The predicted octanol–water partition coefficient (Wildman–Crippen LogP) is 4.86. The summed E-state index contributed by atoms with van der Waals surface area (Å²) in [6.45, 7) is 5.19. The van der Waals surface area contributed by atoms with Crippen LogP contribution in [0, 0.1) is 12.3 Å². The molecule has 0 saturated carbocycles. The van der Waals surface area contributed by atoms with Crippen molar-refractivity contribution in [1.29, 1.82) is 5.41 Å². The van der Waals surface area contributed by atoms with Crippen molar-refractivity contribution < 1.29 is 28.1 Å². The zero-order chi connectivity index (χ0) is 30.5. The van der Waals surface area contributed by atoms with Crippen molar-refractivity contribution >= 4 is 28.7 Å². The molecular formula is C28H38ClF3N6O3. The lowest BCUT2D eigenvalue weighted by molar-refractivity contribution is -0.148. The molecule has 226 valence electrons. The third-order valence-electron chi connectivity index (χ3n) is 6.97. The number of nitrogens with zero attached hydrogens (tertiary/aromatic N) is 4. The molecule has 1 atom stereocenters. The molecule has 0 spiro atoms. The summed E-state index contributed by atoms with van der Waals surface area (Å²) >= 11 is 6.58. The Hall–Kier alpha value is -2.93. The second-order valence-electron chi connectivity index (χ2n) is 10.3. The van der Waals surface area contributed by atoms with Gasteiger partial charge in [-0.1, -0.05) is 11.6 Å². The van der Waals surface area contributed by atoms with Gasteiger partial charge in [-0.25, -0.2) is 9.97 Å². The minimum absolute atomic E-state index is 0.0501. The summed E-state index contributed by atoms with van der Waals surface area (Å²) < 4.78 is 44.6. The first-order valence-electron chi connectivity index (χ1n) is 13.3.